The highest BCUT2D eigenvalue weighted by molar-refractivity contribution is 6.21. The summed E-state index contributed by atoms with van der Waals surface area (Å²) in [6, 6.07) is 22.7. The highest BCUT2D eigenvalue weighted by Crippen LogP contribution is 2.39. The number of ether oxygens (including phenoxy) is 6. The first-order valence-electron chi connectivity index (χ1n) is 15.6. The van der Waals surface area contributed by atoms with E-state index in [0.717, 1.165) is 33.7 Å². The van der Waals surface area contributed by atoms with Crippen LogP contribution in [0, 0.1) is 0 Å². The molecule has 0 spiro atoms. The van der Waals surface area contributed by atoms with Crippen molar-refractivity contribution in [3.05, 3.63) is 95.1 Å². The van der Waals surface area contributed by atoms with E-state index in [1.807, 2.05) is 66.7 Å². The molecule has 0 aromatic heterocycles. The van der Waals surface area contributed by atoms with Crippen LogP contribution in [-0.4, -0.2) is 93.1 Å². The molecular formula is C38H40N4O8. The zero-order chi connectivity index (χ0) is 35.9. The van der Waals surface area contributed by atoms with Crippen LogP contribution in [-0.2, 0) is 9.59 Å². The average Bonchev–Trinajstić information content (AvgIpc) is 3.36. The Morgan fingerprint density at radius 3 is 1.32 bits per heavy atom. The van der Waals surface area contributed by atoms with E-state index in [2.05, 4.69) is 9.98 Å². The molecular weight excluding hydrogens is 640 g/mol. The van der Waals surface area contributed by atoms with Crippen LogP contribution in [0.4, 0.5) is 11.4 Å². The standard InChI is InChI=1S/C20H22N2O5.C18H18N2O3/c1-22-14-10-18(27-5)17(26-4)9-13(14)20(21-11-19(22)23)12-6-7-15(24-2)16(8-12)25-3;1-20-14-10-16(23-3)15(22-2)9-13(14)18(19-11-17(20)21)12-7-5-4-6-8-12/h6-10H,11H2,1-5H3;4-10H,11H2,1-3H3. The minimum absolute atomic E-state index is 0.0412. The van der Waals surface area contributed by atoms with Crippen LogP contribution in [0.1, 0.15) is 22.3 Å². The van der Waals surface area contributed by atoms with Gasteiger partial charge in [-0.15, -0.1) is 0 Å². The lowest BCUT2D eigenvalue weighted by molar-refractivity contribution is -0.117. The third-order valence-corrected chi connectivity index (χ3v) is 8.43. The summed E-state index contributed by atoms with van der Waals surface area (Å²) in [6.45, 7) is 0.152. The summed E-state index contributed by atoms with van der Waals surface area (Å²) >= 11 is 0. The molecule has 2 aliphatic rings. The van der Waals surface area contributed by atoms with E-state index in [1.165, 1.54) is 0 Å². The van der Waals surface area contributed by atoms with Crippen LogP contribution in [0.5, 0.6) is 34.5 Å². The Hall–Kier alpha value is -6.04. The monoisotopic (exact) mass is 680 g/mol. The number of fused-ring (bicyclic) bond motifs is 2. The molecule has 0 saturated carbocycles. The van der Waals surface area contributed by atoms with Crippen molar-refractivity contribution in [3.63, 3.8) is 0 Å². The van der Waals surface area contributed by atoms with Gasteiger partial charge in [-0.3, -0.25) is 19.6 Å². The van der Waals surface area contributed by atoms with Gasteiger partial charge in [0.25, 0.3) is 0 Å². The van der Waals surface area contributed by atoms with Crippen molar-refractivity contribution in [3.8, 4) is 34.5 Å². The number of hydrogen-bond donors (Lipinski definition) is 0. The molecule has 0 radical (unpaired) electrons. The van der Waals surface area contributed by atoms with Crippen LogP contribution in [0.3, 0.4) is 0 Å². The second-order valence-corrected chi connectivity index (χ2v) is 11.1. The maximum absolute atomic E-state index is 12.4. The van der Waals surface area contributed by atoms with Gasteiger partial charge in [-0.25, -0.2) is 0 Å². The smallest absolute Gasteiger partial charge is 0.248 e. The molecule has 6 rings (SSSR count). The Kier molecular flexibility index (Phi) is 10.9. The molecule has 0 aliphatic carbocycles. The van der Waals surface area contributed by atoms with Gasteiger partial charge in [0.05, 0.1) is 65.5 Å². The highest BCUT2D eigenvalue weighted by Gasteiger charge is 2.27. The van der Waals surface area contributed by atoms with Crippen molar-refractivity contribution < 1.29 is 38.0 Å². The summed E-state index contributed by atoms with van der Waals surface area (Å²) in [4.78, 5) is 37.0. The van der Waals surface area contributed by atoms with Crippen LogP contribution in [0.25, 0.3) is 0 Å². The maximum atomic E-state index is 12.4. The van der Waals surface area contributed by atoms with Crippen molar-refractivity contribution in [1.82, 2.24) is 0 Å². The molecule has 12 heteroatoms. The van der Waals surface area contributed by atoms with E-state index >= 15 is 0 Å². The minimum Gasteiger partial charge on any atom is -0.493 e. The van der Waals surface area contributed by atoms with Crippen molar-refractivity contribution in [2.75, 3.05) is 79.6 Å². The van der Waals surface area contributed by atoms with Gasteiger partial charge in [-0.05, 0) is 30.3 Å². The first-order chi connectivity index (χ1) is 24.2. The molecule has 12 nitrogen and oxygen atoms in total. The lowest BCUT2D eigenvalue weighted by atomic mass is 9.99. The predicted molar refractivity (Wildman–Crippen MR) is 193 cm³/mol. The molecule has 2 aliphatic heterocycles. The summed E-state index contributed by atoms with van der Waals surface area (Å²) in [6.07, 6.45) is 0. The van der Waals surface area contributed by atoms with Gasteiger partial charge in [-0.1, -0.05) is 30.3 Å². The van der Waals surface area contributed by atoms with Gasteiger partial charge >= 0.3 is 0 Å². The van der Waals surface area contributed by atoms with Crippen LogP contribution in [0.15, 0.2) is 82.8 Å². The Labute approximate surface area is 291 Å². The number of likely N-dealkylation sites (N-methyl/N-ethyl adjacent to an activating group) is 2. The summed E-state index contributed by atoms with van der Waals surface area (Å²) in [7, 11) is 12.9. The Morgan fingerprint density at radius 2 is 0.880 bits per heavy atom. The number of methoxy groups -OCH3 is 6. The number of carbonyl (C=O) groups excluding carboxylic acids is 2. The first kappa shape index (κ1) is 35.3. The fourth-order valence-electron chi connectivity index (χ4n) is 5.69. The third-order valence-electron chi connectivity index (χ3n) is 8.43. The van der Waals surface area contributed by atoms with Crippen molar-refractivity contribution >= 4 is 34.6 Å². The predicted octanol–water partition coefficient (Wildman–Crippen LogP) is 5.05. The number of hydrogen-bond acceptors (Lipinski definition) is 10. The van der Waals surface area contributed by atoms with Gasteiger partial charge in [0, 0.05) is 48.5 Å². The number of nitrogens with zero attached hydrogens (tertiary/aromatic N) is 4. The summed E-state index contributed by atoms with van der Waals surface area (Å²) in [5.41, 5.74) is 6.30. The van der Waals surface area contributed by atoms with E-state index < -0.39 is 0 Å². The van der Waals surface area contributed by atoms with E-state index in [9.17, 15) is 9.59 Å². The summed E-state index contributed by atoms with van der Waals surface area (Å²) in [5, 5.41) is 0. The van der Waals surface area contributed by atoms with E-state index in [0.29, 0.717) is 45.9 Å². The topological polar surface area (TPSA) is 121 Å². The maximum Gasteiger partial charge on any atom is 0.248 e. The number of rotatable bonds is 8. The molecule has 0 N–H and O–H groups in total. The SMILES string of the molecule is COc1cc2c(cc1OC)N(C)C(=O)CN=C2c1ccccc1.COc1ccc(C2=NCC(=O)N(C)c3cc(OC)c(OC)cc32)cc1OC. The lowest BCUT2D eigenvalue weighted by Gasteiger charge is -2.20. The fraction of sp³-hybridized carbons (Fsp3) is 0.263. The number of aliphatic imine (C=N–C) groups is 2. The van der Waals surface area contributed by atoms with Crippen LogP contribution in [0.2, 0.25) is 0 Å². The minimum atomic E-state index is -0.112. The first-order valence-corrected chi connectivity index (χ1v) is 15.6. The highest BCUT2D eigenvalue weighted by atomic mass is 16.5. The van der Waals surface area contributed by atoms with Gasteiger partial charge in [0.15, 0.2) is 34.5 Å². The van der Waals surface area contributed by atoms with E-state index in [1.54, 1.807) is 72.6 Å². The van der Waals surface area contributed by atoms with Gasteiger partial charge in [0.2, 0.25) is 11.8 Å². The number of benzene rings is 4. The Bertz CT molecular complexity index is 1960. The van der Waals surface area contributed by atoms with Gasteiger partial charge in [-0.2, -0.15) is 0 Å². The molecule has 0 atom stereocenters. The molecule has 0 fully saturated rings. The fourth-order valence-corrected chi connectivity index (χ4v) is 5.69. The quantitative estimate of drug-likeness (QED) is 0.254. The molecule has 4 aromatic carbocycles. The number of anilines is 2. The number of carbonyl (C=O) groups is 2. The number of benzodiazepines with no additional fused rings is 2. The van der Waals surface area contributed by atoms with Crippen LogP contribution < -0.4 is 38.2 Å². The van der Waals surface area contributed by atoms with E-state index in [-0.39, 0.29) is 24.9 Å². The average molecular weight is 681 g/mol. The molecule has 2 heterocycles. The summed E-state index contributed by atoms with van der Waals surface area (Å²) < 4.78 is 32.3. The second-order valence-electron chi connectivity index (χ2n) is 11.1. The second kappa shape index (κ2) is 15.5. The third kappa shape index (κ3) is 6.91. The molecule has 2 amide bonds. The van der Waals surface area contributed by atoms with Crippen molar-refractivity contribution in [1.29, 1.82) is 0 Å². The Balaban J connectivity index is 0.000000197. The molecule has 0 saturated heterocycles. The van der Waals surface area contributed by atoms with E-state index in [4.69, 9.17) is 28.4 Å². The lowest BCUT2D eigenvalue weighted by Crippen LogP contribution is -2.27. The molecule has 4 aromatic rings. The zero-order valence-electron chi connectivity index (χ0n) is 29.4. The molecule has 0 bridgehead atoms. The molecule has 50 heavy (non-hydrogen) atoms. The largest absolute Gasteiger partial charge is 0.493 e. The normalized spacial score (nSPS) is 13.7. The molecule has 0 unspecified atom stereocenters. The van der Waals surface area contributed by atoms with Crippen molar-refractivity contribution in [2.45, 2.75) is 0 Å². The molecule has 260 valence electrons. The number of amides is 2. The Morgan fingerprint density at radius 1 is 0.480 bits per heavy atom. The van der Waals surface area contributed by atoms with Gasteiger partial charge < -0.3 is 38.2 Å². The summed E-state index contributed by atoms with van der Waals surface area (Å²) in [5.74, 6) is 3.33. The van der Waals surface area contributed by atoms with Gasteiger partial charge in [0.1, 0.15) is 13.1 Å². The van der Waals surface area contributed by atoms with Crippen molar-refractivity contribution in [2.24, 2.45) is 9.98 Å². The zero-order valence-corrected chi connectivity index (χ0v) is 29.4. The van der Waals surface area contributed by atoms with Crippen LogP contribution >= 0.6 is 0 Å².